The van der Waals surface area contributed by atoms with Crippen molar-refractivity contribution in [2.75, 3.05) is 26.8 Å². The number of aromatic nitrogens is 2. The third kappa shape index (κ3) is 4.04. The normalized spacial score (nSPS) is 18.2. The van der Waals surface area contributed by atoms with E-state index in [1.54, 1.807) is 4.90 Å². The van der Waals surface area contributed by atoms with E-state index in [4.69, 9.17) is 9.15 Å². The Bertz CT molecular complexity index is 759. The molecule has 6 nitrogen and oxygen atoms in total. The van der Waals surface area contributed by atoms with E-state index in [2.05, 4.69) is 10.2 Å². The van der Waals surface area contributed by atoms with Gasteiger partial charge in [-0.15, -0.1) is 10.2 Å². The zero-order valence-electron chi connectivity index (χ0n) is 14.1. The minimum atomic E-state index is -4.39. The Hall–Kier alpha value is -2.42. The van der Waals surface area contributed by atoms with Crippen LogP contribution in [0.15, 0.2) is 28.7 Å². The summed E-state index contributed by atoms with van der Waals surface area (Å²) >= 11 is 0. The number of ether oxygens (including phenoxy) is 1. The first-order valence-corrected chi connectivity index (χ1v) is 8.16. The largest absolute Gasteiger partial charge is 0.420 e. The molecule has 26 heavy (non-hydrogen) atoms. The van der Waals surface area contributed by atoms with Crippen LogP contribution in [-0.4, -0.2) is 47.8 Å². The Balaban J connectivity index is 1.72. The van der Waals surface area contributed by atoms with Crippen LogP contribution >= 0.6 is 0 Å². The van der Waals surface area contributed by atoms with Crippen molar-refractivity contribution in [3.8, 4) is 11.5 Å². The molecular formula is C17H18F3N3O3. The van der Waals surface area contributed by atoms with Gasteiger partial charge in [-0.1, -0.05) is 0 Å². The van der Waals surface area contributed by atoms with Gasteiger partial charge in [0.05, 0.1) is 11.5 Å². The molecule has 9 heteroatoms. The number of methoxy groups -OCH3 is 1. The molecule has 1 amide bonds. The molecular weight excluding hydrogens is 351 g/mol. The Labute approximate surface area is 148 Å². The number of carbonyl (C=O) groups excluding carboxylic acids is 1. The number of alkyl halides is 3. The van der Waals surface area contributed by atoms with Crippen molar-refractivity contribution >= 4 is 5.91 Å². The van der Waals surface area contributed by atoms with Crippen molar-refractivity contribution in [3.05, 3.63) is 35.7 Å². The van der Waals surface area contributed by atoms with Crippen LogP contribution in [0.2, 0.25) is 0 Å². The molecule has 1 saturated heterocycles. The molecule has 140 valence electrons. The van der Waals surface area contributed by atoms with Crippen LogP contribution in [0.5, 0.6) is 0 Å². The molecule has 0 bridgehead atoms. The maximum absolute atomic E-state index is 12.6. The molecule has 1 atom stereocenters. The van der Waals surface area contributed by atoms with Gasteiger partial charge in [-0.3, -0.25) is 4.79 Å². The van der Waals surface area contributed by atoms with Gasteiger partial charge in [0, 0.05) is 25.8 Å². The molecule has 2 aromatic rings. The van der Waals surface area contributed by atoms with Gasteiger partial charge < -0.3 is 14.1 Å². The molecule has 3 rings (SSSR count). The van der Waals surface area contributed by atoms with Gasteiger partial charge in [0.1, 0.15) is 6.61 Å². The SMILES string of the molecule is COCC(=O)N1CCCC(c2nnc(-c3ccc(C(F)(F)F)cc3)o2)C1. The zero-order valence-corrected chi connectivity index (χ0v) is 14.1. The molecule has 0 saturated carbocycles. The van der Waals surface area contributed by atoms with Crippen molar-refractivity contribution < 1.29 is 27.1 Å². The summed E-state index contributed by atoms with van der Waals surface area (Å²) in [6.07, 6.45) is -2.79. The fourth-order valence-corrected chi connectivity index (χ4v) is 2.94. The van der Waals surface area contributed by atoms with E-state index in [9.17, 15) is 18.0 Å². The first kappa shape index (κ1) is 18.4. The number of carbonyl (C=O) groups is 1. The van der Waals surface area contributed by atoms with E-state index >= 15 is 0 Å². The summed E-state index contributed by atoms with van der Waals surface area (Å²) in [6.45, 7) is 1.13. The van der Waals surface area contributed by atoms with Crippen molar-refractivity contribution in [1.29, 1.82) is 0 Å². The first-order valence-electron chi connectivity index (χ1n) is 8.16. The average molecular weight is 369 g/mol. The monoisotopic (exact) mass is 369 g/mol. The van der Waals surface area contributed by atoms with E-state index in [0.717, 1.165) is 25.0 Å². The number of piperidine rings is 1. The highest BCUT2D eigenvalue weighted by atomic mass is 19.4. The molecule has 1 unspecified atom stereocenters. The van der Waals surface area contributed by atoms with Crippen molar-refractivity contribution in [1.82, 2.24) is 15.1 Å². The van der Waals surface area contributed by atoms with Crippen LogP contribution in [0.3, 0.4) is 0 Å². The molecule has 1 fully saturated rings. The summed E-state index contributed by atoms with van der Waals surface area (Å²) in [6, 6.07) is 4.56. The maximum atomic E-state index is 12.6. The summed E-state index contributed by atoms with van der Waals surface area (Å²) in [4.78, 5) is 13.7. The lowest BCUT2D eigenvalue weighted by molar-refractivity contribution is -0.138. The Morgan fingerprint density at radius 2 is 2.04 bits per heavy atom. The first-order chi connectivity index (χ1) is 12.4. The molecule has 1 aromatic heterocycles. The topological polar surface area (TPSA) is 68.5 Å². The van der Waals surface area contributed by atoms with Crippen molar-refractivity contribution in [3.63, 3.8) is 0 Å². The highest BCUT2D eigenvalue weighted by Crippen LogP contribution is 2.32. The predicted octanol–water partition coefficient (Wildman–Crippen LogP) is 3.11. The van der Waals surface area contributed by atoms with Gasteiger partial charge in [-0.2, -0.15) is 13.2 Å². The van der Waals surface area contributed by atoms with E-state index in [0.29, 0.717) is 24.5 Å². The van der Waals surface area contributed by atoms with E-state index < -0.39 is 11.7 Å². The van der Waals surface area contributed by atoms with Crippen LogP contribution in [0, 0.1) is 0 Å². The Morgan fingerprint density at radius 1 is 1.31 bits per heavy atom. The van der Waals surface area contributed by atoms with Crippen LogP contribution < -0.4 is 0 Å². The van der Waals surface area contributed by atoms with Crippen LogP contribution in [0.4, 0.5) is 13.2 Å². The molecule has 0 spiro atoms. The maximum Gasteiger partial charge on any atom is 0.416 e. The standard InChI is InChI=1S/C17H18F3N3O3/c1-25-10-14(24)23-8-2-3-12(9-23)16-22-21-15(26-16)11-4-6-13(7-5-11)17(18,19)20/h4-7,12H,2-3,8-10H2,1H3. The number of nitrogens with zero attached hydrogens (tertiary/aromatic N) is 3. The number of rotatable bonds is 4. The predicted molar refractivity (Wildman–Crippen MR) is 85.2 cm³/mol. The molecule has 1 aliphatic rings. The fraction of sp³-hybridized carbons (Fsp3) is 0.471. The number of hydrogen-bond acceptors (Lipinski definition) is 5. The van der Waals surface area contributed by atoms with E-state index in [1.807, 2.05) is 0 Å². The number of benzene rings is 1. The average Bonchev–Trinajstić information content (AvgIpc) is 3.12. The number of halogens is 3. The van der Waals surface area contributed by atoms with E-state index in [1.165, 1.54) is 19.2 Å². The quantitative estimate of drug-likeness (QED) is 0.828. The summed E-state index contributed by atoms with van der Waals surface area (Å²) in [5.74, 6) is 0.351. The van der Waals surface area contributed by atoms with Crippen LogP contribution in [0.1, 0.15) is 30.2 Å². The number of amides is 1. The van der Waals surface area contributed by atoms with Gasteiger partial charge in [0.15, 0.2) is 0 Å². The Kier molecular flexibility index (Phi) is 5.26. The van der Waals surface area contributed by atoms with Gasteiger partial charge in [0.2, 0.25) is 17.7 Å². The zero-order chi connectivity index (χ0) is 18.7. The van der Waals surface area contributed by atoms with Gasteiger partial charge in [0.25, 0.3) is 0 Å². The summed E-state index contributed by atoms with van der Waals surface area (Å²) in [5, 5.41) is 7.95. The Morgan fingerprint density at radius 3 is 2.69 bits per heavy atom. The molecule has 1 aromatic carbocycles. The number of hydrogen-bond donors (Lipinski definition) is 0. The lowest BCUT2D eigenvalue weighted by Crippen LogP contribution is -2.40. The molecule has 0 aliphatic carbocycles. The highest BCUT2D eigenvalue weighted by molar-refractivity contribution is 5.77. The van der Waals surface area contributed by atoms with Crippen LogP contribution in [0.25, 0.3) is 11.5 Å². The summed E-state index contributed by atoms with van der Waals surface area (Å²) < 4.78 is 48.4. The molecule has 1 aliphatic heterocycles. The molecule has 0 radical (unpaired) electrons. The van der Waals surface area contributed by atoms with Gasteiger partial charge in [-0.05, 0) is 37.1 Å². The lowest BCUT2D eigenvalue weighted by Gasteiger charge is -2.30. The minimum absolute atomic E-state index is 0.0212. The molecule has 0 N–H and O–H groups in total. The second kappa shape index (κ2) is 7.45. The van der Waals surface area contributed by atoms with Crippen molar-refractivity contribution in [2.45, 2.75) is 24.9 Å². The smallest absolute Gasteiger partial charge is 0.416 e. The minimum Gasteiger partial charge on any atom is -0.420 e. The summed E-state index contributed by atoms with van der Waals surface area (Å²) in [5.41, 5.74) is -0.319. The van der Waals surface area contributed by atoms with Gasteiger partial charge >= 0.3 is 6.18 Å². The summed E-state index contributed by atoms with van der Waals surface area (Å²) in [7, 11) is 1.47. The second-order valence-electron chi connectivity index (χ2n) is 6.13. The highest BCUT2D eigenvalue weighted by Gasteiger charge is 2.31. The fourth-order valence-electron chi connectivity index (χ4n) is 2.94. The van der Waals surface area contributed by atoms with Crippen LogP contribution in [-0.2, 0) is 15.7 Å². The molecule has 2 heterocycles. The van der Waals surface area contributed by atoms with Gasteiger partial charge in [-0.25, -0.2) is 0 Å². The number of likely N-dealkylation sites (tertiary alicyclic amines) is 1. The van der Waals surface area contributed by atoms with E-state index in [-0.39, 0.29) is 24.3 Å². The lowest BCUT2D eigenvalue weighted by atomic mass is 9.98. The second-order valence-corrected chi connectivity index (χ2v) is 6.13. The van der Waals surface area contributed by atoms with Crippen molar-refractivity contribution in [2.24, 2.45) is 0 Å². The third-order valence-electron chi connectivity index (χ3n) is 4.29. The third-order valence-corrected chi connectivity index (χ3v) is 4.29.